The molecule has 2 aromatic rings. The fourth-order valence-electron chi connectivity index (χ4n) is 2.17. The van der Waals surface area contributed by atoms with Crippen molar-refractivity contribution in [3.8, 4) is 0 Å². The summed E-state index contributed by atoms with van der Waals surface area (Å²) in [5.74, 6) is 0.259. The summed E-state index contributed by atoms with van der Waals surface area (Å²) in [5, 5.41) is 9.78. The Morgan fingerprint density at radius 2 is 1.67 bits per heavy atom. The van der Waals surface area contributed by atoms with E-state index in [4.69, 9.17) is 11.6 Å². The number of benzene rings is 2. The minimum absolute atomic E-state index is 0.381. The maximum atomic E-state index is 11.4. The predicted octanol–water partition coefficient (Wildman–Crippen LogP) is 6.16. The van der Waals surface area contributed by atoms with Gasteiger partial charge in [0.25, 0.3) is 0 Å². The number of carboxylic acid groups (broad SMARTS) is 1. The Kier molecular flexibility index (Phi) is 8.03. The van der Waals surface area contributed by atoms with E-state index in [1.54, 1.807) is 11.8 Å². The maximum Gasteiger partial charge on any atom is 0.316 e. The van der Waals surface area contributed by atoms with Crippen LogP contribution in [0.5, 0.6) is 0 Å². The molecule has 0 bridgehead atoms. The van der Waals surface area contributed by atoms with Crippen LogP contribution in [0.2, 0.25) is 5.02 Å². The molecule has 0 heterocycles. The summed E-state index contributed by atoms with van der Waals surface area (Å²) in [5.41, 5.74) is 1.19. The summed E-state index contributed by atoms with van der Waals surface area (Å²) in [7, 11) is 0. The molecule has 0 aromatic heterocycles. The molecule has 0 saturated heterocycles. The highest BCUT2D eigenvalue weighted by atomic mass is 35.5. The van der Waals surface area contributed by atoms with Crippen LogP contribution < -0.4 is 0 Å². The number of unbranched alkanes of at least 4 members (excludes halogenated alkanes) is 1. The van der Waals surface area contributed by atoms with Crippen LogP contribution in [0.4, 0.5) is 0 Å². The SMILES string of the molecule is Cc1ccc(S[C@@H](CCCCSc2ccc(Cl)cc2)C(=O)O)cc1. The molecule has 1 atom stereocenters. The van der Waals surface area contributed by atoms with Crippen LogP contribution in [0, 0.1) is 6.92 Å². The molecule has 2 nitrogen and oxygen atoms in total. The minimum Gasteiger partial charge on any atom is -0.480 e. The van der Waals surface area contributed by atoms with Crippen molar-refractivity contribution in [3.63, 3.8) is 0 Å². The van der Waals surface area contributed by atoms with Crippen LogP contribution in [0.15, 0.2) is 58.3 Å². The maximum absolute atomic E-state index is 11.4. The first kappa shape index (κ1) is 19.2. The van der Waals surface area contributed by atoms with E-state index < -0.39 is 5.97 Å². The Morgan fingerprint density at radius 3 is 2.29 bits per heavy atom. The third-order valence-corrected chi connectivity index (χ3v) is 6.13. The average Bonchev–Trinajstić information content (AvgIpc) is 2.57. The van der Waals surface area contributed by atoms with Crippen molar-refractivity contribution in [3.05, 3.63) is 59.1 Å². The van der Waals surface area contributed by atoms with Crippen molar-refractivity contribution < 1.29 is 9.90 Å². The molecule has 24 heavy (non-hydrogen) atoms. The van der Waals surface area contributed by atoms with Crippen molar-refractivity contribution in [1.82, 2.24) is 0 Å². The Labute approximate surface area is 157 Å². The summed E-state index contributed by atoms with van der Waals surface area (Å²) < 4.78 is 0. The number of carbonyl (C=O) groups is 1. The fraction of sp³-hybridized carbons (Fsp3) is 0.316. The highest BCUT2D eigenvalue weighted by Crippen LogP contribution is 2.28. The lowest BCUT2D eigenvalue weighted by atomic mass is 10.2. The van der Waals surface area contributed by atoms with Gasteiger partial charge in [0.05, 0.1) is 0 Å². The summed E-state index contributed by atoms with van der Waals surface area (Å²) in [6.45, 7) is 2.03. The third-order valence-electron chi connectivity index (χ3n) is 3.52. The number of carboxylic acids is 1. The molecule has 0 unspecified atom stereocenters. The van der Waals surface area contributed by atoms with Gasteiger partial charge in [-0.25, -0.2) is 0 Å². The van der Waals surface area contributed by atoms with E-state index in [1.807, 2.05) is 55.5 Å². The minimum atomic E-state index is -0.731. The lowest BCUT2D eigenvalue weighted by Crippen LogP contribution is -2.16. The van der Waals surface area contributed by atoms with Crippen LogP contribution >= 0.6 is 35.1 Å². The van der Waals surface area contributed by atoms with Gasteiger partial charge in [-0.3, -0.25) is 4.79 Å². The molecule has 2 aromatic carbocycles. The van der Waals surface area contributed by atoms with E-state index in [9.17, 15) is 9.90 Å². The molecule has 5 heteroatoms. The fourth-order valence-corrected chi connectivity index (χ4v) is 4.21. The number of aliphatic carboxylic acids is 1. The molecule has 0 aliphatic heterocycles. The number of rotatable bonds is 9. The zero-order chi connectivity index (χ0) is 17.4. The van der Waals surface area contributed by atoms with Gasteiger partial charge >= 0.3 is 5.97 Å². The van der Waals surface area contributed by atoms with E-state index in [1.165, 1.54) is 22.2 Å². The van der Waals surface area contributed by atoms with Gasteiger partial charge in [0.1, 0.15) is 5.25 Å². The zero-order valence-corrected chi connectivity index (χ0v) is 16.0. The van der Waals surface area contributed by atoms with Gasteiger partial charge in [-0.1, -0.05) is 35.7 Å². The molecule has 0 fully saturated rings. The largest absolute Gasteiger partial charge is 0.480 e. The molecule has 0 saturated carbocycles. The predicted molar refractivity (Wildman–Crippen MR) is 104 cm³/mol. The van der Waals surface area contributed by atoms with Crippen LogP contribution in [-0.4, -0.2) is 22.1 Å². The highest BCUT2D eigenvalue weighted by Gasteiger charge is 2.18. The summed E-state index contributed by atoms with van der Waals surface area (Å²) >= 11 is 9.09. The van der Waals surface area contributed by atoms with E-state index in [-0.39, 0.29) is 5.25 Å². The Bertz CT molecular complexity index is 641. The molecule has 0 spiro atoms. The second-order valence-electron chi connectivity index (χ2n) is 5.56. The van der Waals surface area contributed by atoms with Crippen LogP contribution in [0.25, 0.3) is 0 Å². The number of halogens is 1. The van der Waals surface area contributed by atoms with Crippen LogP contribution in [0.1, 0.15) is 24.8 Å². The van der Waals surface area contributed by atoms with Gasteiger partial charge < -0.3 is 5.11 Å². The normalized spacial score (nSPS) is 12.1. The van der Waals surface area contributed by atoms with Gasteiger partial charge in [0.2, 0.25) is 0 Å². The van der Waals surface area contributed by atoms with Crippen molar-refractivity contribution in [1.29, 1.82) is 0 Å². The smallest absolute Gasteiger partial charge is 0.316 e. The van der Waals surface area contributed by atoms with E-state index >= 15 is 0 Å². The first-order valence-electron chi connectivity index (χ1n) is 7.89. The van der Waals surface area contributed by atoms with Crippen molar-refractivity contribution in [2.24, 2.45) is 0 Å². The lowest BCUT2D eigenvalue weighted by molar-refractivity contribution is -0.136. The number of aryl methyl sites for hydroxylation is 1. The molecule has 0 aliphatic rings. The van der Waals surface area contributed by atoms with Gasteiger partial charge in [-0.15, -0.1) is 23.5 Å². The standard InChI is InChI=1S/C19H21ClO2S2/c1-14-5-9-17(10-6-14)24-18(19(21)22)4-2-3-13-23-16-11-7-15(20)8-12-16/h5-12,18H,2-4,13H2,1H3,(H,21,22)/t18-/m0/s1. The second kappa shape index (κ2) is 10.0. The second-order valence-corrected chi connectivity index (χ2v) is 8.44. The third kappa shape index (κ3) is 6.80. The topological polar surface area (TPSA) is 37.3 Å². The number of thioether (sulfide) groups is 2. The Hall–Kier alpha value is -1.10. The Morgan fingerprint density at radius 1 is 1.04 bits per heavy atom. The van der Waals surface area contributed by atoms with Gasteiger partial charge in [0, 0.05) is 14.8 Å². The number of hydrogen-bond donors (Lipinski definition) is 1. The highest BCUT2D eigenvalue weighted by molar-refractivity contribution is 8.00. The monoisotopic (exact) mass is 380 g/mol. The molecule has 1 N–H and O–H groups in total. The van der Waals surface area contributed by atoms with E-state index in [2.05, 4.69) is 0 Å². The summed E-state index contributed by atoms with van der Waals surface area (Å²) in [6.07, 6.45) is 2.61. The summed E-state index contributed by atoms with van der Waals surface area (Å²) in [6, 6.07) is 15.8. The van der Waals surface area contributed by atoms with Crippen molar-refractivity contribution in [2.45, 2.75) is 41.2 Å². The molecular weight excluding hydrogens is 360 g/mol. The molecule has 0 amide bonds. The van der Waals surface area contributed by atoms with Crippen molar-refractivity contribution >= 4 is 41.1 Å². The average molecular weight is 381 g/mol. The van der Waals surface area contributed by atoms with E-state index in [0.717, 1.165) is 28.5 Å². The van der Waals surface area contributed by atoms with Crippen molar-refractivity contribution in [2.75, 3.05) is 5.75 Å². The lowest BCUT2D eigenvalue weighted by Gasteiger charge is -2.12. The zero-order valence-electron chi connectivity index (χ0n) is 13.6. The number of hydrogen-bond acceptors (Lipinski definition) is 3. The van der Waals surface area contributed by atoms with Gasteiger partial charge in [-0.2, -0.15) is 0 Å². The quantitative estimate of drug-likeness (QED) is 0.417. The summed E-state index contributed by atoms with van der Waals surface area (Å²) in [4.78, 5) is 13.7. The molecule has 0 radical (unpaired) electrons. The molecule has 128 valence electrons. The molecule has 2 rings (SSSR count). The van der Waals surface area contributed by atoms with Crippen LogP contribution in [-0.2, 0) is 4.79 Å². The van der Waals surface area contributed by atoms with Gasteiger partial charge in [0.15, 0.2) is 0 Å². The molecule has 0 aliphatic carbocycles. The van der Waals surface area contributed by atoms with E-state index in [0.29, 0.717) is 6.42 Å². The first-order valence-corrected chi connectivity index (χ1v) is 10.1. The Balaban J connectivity index is 1.72. The molecular formula is C19H21ClO2S2. The first-order chi connectivity index (χ1) is 11.5. The van der Waals surface area contributed by atoms with Crippen LogP contribution in [0.3, 0.4) is 0 Å². The van der Waals surface area contributed by atoms with Gasteiger partial charge in [-0.05, 0) is 61.9 Å².